The van der Waals surface area contributed by atoms with Crippen LogP contribution in [0.4, 0.5) is 5.69 Å². The second kappa shape index (κ2) is 6.15. The van der Waals surface area contributed by atoms with Gasteiger partial charge < -0.3 is 15.2 Å². The fraction of sp³-hybridized carbons (Fsp3) is 0.500. The van der Waals surface area contributed by atoms with Gasteiger partial charge in [-0.1, -0.05) is 0 Å². The molecule has 4 heteroatoms. The molecular formula is C14H20N2O2. The quantitative estimate of drug-likeness (QED) is 0.620. The highest BCUT2D eigenvalue weighted by molar-refractivity contribution is 5.55. The van der Waals surface area contributed by atoms with E-state index >= 15 is 0 Å². The Morgan fingerprint density at radius 1 is 1.39 bits per heavy atom. The van der Waals surface area contributed by atoms with Crippen LogP contribution in [0.2, 0.25) is 0 Å². The molecule has 0 radical (unpaired) electrons. The fourth-order valence-electron chi connectivity index (χ4n) is 1.52. The van der Waals surface area contributed by atoms with Gasteiger partial charge in [0.15, 0.2) is 0 Å². The summed E-state index contributed by atoms with van der Waals surface area (Å²) < 4.78 is 10.7. The van der Waals surface area contributed by atoms with E-state index in [9.17, 15) is 0 Å². The number of nitriles is 1. The molecule has 0 spiro atoms. The van der Waals surface area contributed by atoms with Gasteiger partial charge in [-0.25, -0.2) is 0 Å². The van der Waals surface area contributed by atoms with Crippen molar-refractivity contribution in [3.05, 3.63) is 18.2 Å². The zero-order valence-corrected chi connectivity index (χ0v) is 11.2. The van der Waals surface area contributed by atoms with Gasteiger partial charge in [0.25, 0.3) is 0 Å². The first kappa shape index (κ1) is 14.2. The van der Waals surface area contributed by atoms with E-state index in [0.717, 1.165) is 18.6 Å². The average Bonchev–Trinajstić information content (AvgIpc) is 2.36. The molecule has 18 heavy (non-hydrogen) atoms. The molecule has 0 fully saturated rings. The molecule has 0 bridgehead atoms. The summed E-state index contributed by atoms with van der Waals surface area (Å²) in [4.78, 5) is 0. The summed E-state index contributed by atoms with van der Waals surface area (Å²) >= 11 is 0. The van der Waals surface area contributed by atoms with Crippen molar-refractivity contribution in [3.8, 4) is 17.6 Å². The summed E-state index contributed by atoms with van der Waals surface area (Å²) in [6.07, 6.45) is 1.62. The largest absolute Gasteiger partial charge is 0.497 e. The molecule has 1 aromatic carbocycles. The third-order valence-electron chi connectivity index (χ3n) is 2.73. The standard InChI is InChI=1S/C14H20N2O2/c1-14(2,10-15)7-4-8-18-13-9-11(17-3)5-6-12(13)16/h5-6,9H,4,7-8,16H2,1-3H3. The third kappa shape index (κ3) is 4.17. The zero-order valence-electron chi connectivity index (χ0n) is 11.2. The molecule has 0 unspecified atom stereocenters. The van der Waals surface area contributed by atoms with Crippen molar-refractivity contribution in [2.45, 2.75) is 26.7 Å². The topological polar surface area (TPSA) is 68.3 Å². The minimum absolute atomic E-state index is 0.302. The van der Waals surface area contributed by atoms with Crippen LogP contribution in [0.15, 0.2) is 18.2 Å². The Morgan fingerprint density at radius 3 is 2.72 bits per heavy atom. The molecule has 0 amide bonds. The lowest BCUT2D eigenvalue weighted by Crippen LogP contribution is -2.10. The molecule has 0 atom stereocenters. The highest BCUT2D eigenvalue weighted by Gasteiger charge is 2.15. The summed E-state index contributed by atoms with van der Waals surface area (Å²) in [5, 5.41) is 8.90. The van der Waals surface area contributed by atoms with Crippen LogP contribution in [0, 0.1) is 16.7 Å². The molecule has 4 nitrogen and oxygen atoms in total. The molecule has 0 aliphatic rings. The Bertz CT molecular complexity index is 436. The molecule has 1 rings (SSSR count). The van der Waals surface area contributed by atoms with Crippen molar-refractivity contribution < 1.29 is 9.47 Å². The van der Waals surface area contributed by atoms with Gasteiger partial charge in [-0.3, -0.25) is 0 Å². The summed E-state index contributed by atoms with van der Waals surface area (Å²) in [5.74, 6) is 1.35. The number of nitrogens with zero attached hydrogens (tertiary/aromatic N) is 1. The highest BCUT2D eigenvalue weighted by Crippen LogP contribution is 2.27. The van der Waals surface area contributed by atoms with Crippen molar-refractivity contribution in [2.24, 2.45) is 5.41 Å². The monoisotopic (exact) mass is 248 g/mol. The van der Waals surface area contributed by atoms with Gasteiger partial charge in [-0.15, -0.1) is 0 Å². The van der Waals surface area contributed by atoms with Gasteiger partial charge in [0, 0.05) is 6.07 Å². The van der Waals surface area contributed by atoms with Crippen LogP contribution in [-0.4, -0.2) is 13.7 Å². The van der Waals surface area contributed by atoms with Gasteiger partial charge in [0.1, 0.15) is 11.5 Å². The van der Waals surface area contributed by atoms with Crippen molar-refractivity contribution >= 4 is 5.69 Å². The first-order chi connectivity index (χ1) is 8.48. The molecule has 0 aromatic heterocycles. The molecule has 0 aliphatic heterocycles. The molecule has 0 saturated carbocycles. The Balaban J connectivity index is 2.47. The predicted molar refractivity (Wildman–Crippen MR) is 71.5 cm³/mol. The lowest BCUT2D eigenvalue weighted by Gasteiger charge is -2.15. The summed E-state index contributed by atoms with van der Waals surface area (Å²) in [5.41, 5.74) is 6.10. The summed E-state index contributed by atoms with van der Waals surface area (Å²) in [7, 11) is 1.60. The van der Waals surface area contributed by atoms with Crippen LogP contribution < -0.4 is 15.2 Å². The Labute approximate surface area is 108 Å². The molecular weight excluding hydrogens is 228 g/mol. The number of nitrogen functional groups attached to an aromatic ring is 1. The number of anilines is 1. The summed E-state index contributed by atoms with van der Waals surface area (Å²) in [6.45, 7) is 4.39. The highest BCUT2D eigenvalue weighted by atomic mass is 16.5. The van der Waals surface area contributed by atoms with E-state index in [1.165, 1.54) is 0 Å². The lowest BCUT2D eigenvalue weighted by atomic mass is 9.90. The van der Waals surface area contributed by atoms with Crippen LogP contribution >= 0.6 is 0 Å². The number of rotatable bonds is 6. The minimum atomic E-state index is -0.302. The van der Waals surface area contributed by atoms with Crippen LogP contribution in [0.1, 0.15) is 26.7 Å². The van der Waals surface area contributed by atoms with Crippen LogP contribution in [0.3, 0.4) is 0 Å². The van der Waals surface area contributed by atoms with E-state index in [1.807, 2.05) is 13.8 Å². The first-order valence-corrected chi connectivity index (χ1v) is 5.96. The number of hydrogen-bond acceptors (Lipinski definition) is 4. The van der Waals surface area contributed by atoms with Gasteiger partial charge >= 0.3 is 0 Å². The van der Waals surface area contributed by atoms with Gasteiger partial charge in [0.2, 0.25) is 0 Å². The SMILES string of the molecule is COc1ccc(N)c(OCCCC(C)(C)C#N)c1. The van der Waals surface area contributed by atoms with E-state index in [1.54, 1.807) is 25.3 Å². The Hall–Kier alpha value is -1.89. The van der Waals surface area contributed by atoms with Crippen molar-refractivity contribution in [1.29, 1.82) is 5.26 Å². The van der Waals surface area contributed by atoms with E-state index in [4.69, 9.17) is 20.5 Å². The summed E-state index contributed by atoms with van der Waals surface area (Å²) in [6, 6.07) is 7.59. The Morgan fingerprint density at radius 2 is 2.11 bits per heavy atom. The second-order valence-electron chi connectivity index (χ2n) is 4.85. The van der Waals surface area contributed by atoms with Crippen LogP contribution in [0.5, 0.6) is 11.5 Å². The van der Waals surface area contributed by atoms with Crippen LogP contribution in [0.25, 0.3) is 0 Å². The first-order valence-electron chi connectivity index (χ1n) is 5.96. The van der Waals surface area contributed by atoms with Crippen molar-refractivity contribution in [1.82, 2.24) is 0 Å². The third-order valence-corrected chi connectivity index (χ3v) is 2.73. The number of hydrogen-bond donors (Lipinski definition) is 1. The molecule has 0 aliphatic carbocycles. The number of benzene rings is 1. The average molecular weight is 248 g/mol. The minimum Gasteiger partial charge on any atom is -0.497 e. The molecule has 0 saturated heterocycles. The van der Waals surface area contributed by atoms with Gasteiger partial charge in [0.05, 0.1) is 30.9 Å². The van der Waals surface area contributed by atoms with E-state index < -0.39 is 0 Å². The molecule has 0 heterocycles. The van der Waals surface area contributed by atoms with Gasteiger partial charge in [-0.05, 0) is 38.8 Å². The normalized spacial score (nSPS) is 10.8. The van der Waals surface area contributed by atoms with Crippen molar-refractivity contribution in [3.63, 3.8) is 0 Å². The molecule has 98 valence electrons. The maximum Gasteiger partial charge on any atom is 0.145 e. The number of nitrogens with two attached hydrogens (primary N) is 1. The maximum absolute atomic E-state index is 8.90. The second-order valence-corrected chi connectivity index (χ2v) is 4.85. The van der Waals surface area contributed by atoms with Crippen LogP contribution in [-0.2, 0) is 0 Å². The molecule has 1 aromatic rings. The Kier molecular flexibility index (Phi) is 4.85. The van der Waals surface area contributed by atoms with E-state index in [-0.39, 0.29) is 5.41 Å². The van der Waals surface area contributed by atoms with Gasteiger partial charge in [-0.2, -0.15) is 5.26 Å². The smallest absolute Gasteiger partial charge is 0.145 e. The number of methoxy groups -OCH3 is 1. The van der Waals surface area contributed by atoms with E-state index in [2.05, 4.69) is 6.07 Å². The maximum atomic E-state index is 8.90. The molecule has 2 N–H and O–H groups in total. The zero-order chi connectivity index (χ0) is 13.6. The predicted octanol–water partition coefficient (Wildman–Crippen LogP) is 2.99. The lowest BCUT2D eigenvalue weighted by molar-refractivity contribution is 0.284. The van der Waals surface area contributed by atoms with E-state index in [0.29, 0.717) is 18.0 Å². The number of ether oxygens (including phenoxy) is 2. The van der Waals surface area contributed by atoms with Crippen molar-refractivity contribution in [2.75, 3.05) is 19.5 Å². The fourth-order valence-corrected chi connectivity index (χ4v) is 1.52.